The number of imidazole rings is 1. The maximum Gasteiger partial charge on any atom is 0.234 e. The molecule has 154 valence electrons. The van der Waals surface area contributed by atoms with Gasteiger partial charge in [-0.15, -0.1) is 0 Å². The summed E-state index contributed by atoms with van der Waals surface area (Å²) < 4.78 is 2.00. The fraction of sp³-hybridized carbons (Fsp3) is 0.318. The molecule has 0 saturated carbocycles. The first-order chi connectivity index (χ1) is 14.1. The van der Waals surface area contributed by atoms with Crippen molar-refractivity contribution in [2.24, 2.45) is 0 Å². The molecule has 2 heterocycles. The Balaban J connectivity index is 0.000000218. The van der Waals surface area contributed by atoms with E-state index in [-0.39, 0.29) is 19.0 Å². The summed E-state index contributed by atoms with van der Waals surface area (Å²) in [5.41, 5.74) is 3.51. The maximum atomic E-state index is 11.2. The molecule has 0 spiro atoms. The van der Waals surface area contributed by atoms with Crippen LogP contribution in [0, 0.1) is 0 Å². The number of rotatable bonds is 9. The molecule has 0 radical (unpaired) electrons. The lowest BCUT2D eigenvalue weighted by molar-refractivity contribution is -0.121. The predicted octanol–water partition coefficient (Wildman–Crippen LogP) is 1.75. The minimum atomic E-state index is -0.155. The van der Waals surface area contributed by atoms with Crippen molar-refractivity contribution in [1.82, 2.24) is 25.3 Å². The first-order valence-electron chi connectivity index (χ1n) is 9.66. The van der Waals surface area contributed by atoms with Crippen LogP contribution in [0.2, 0.25) is 0 Å². The molecular weight excluding hydrogens is 366 g/mol. The molecule has 0 aliphatic rings. The summed E-state index contributed by atoms with van der Waals surface area (Å²) >= 11 is 0. The molecule has 0 saturated heterocycles. The van der Waals surface area contributed by atoms with Gasteiger partial charge in [0.05, 0.1) is 13.1 Å². The molecule has 3 rings (SSSR count). The summed E-state index contributed by atoms with van der Waals surface area (Å²) in [5.74, 6) is 0.201. The van der Waals surface area contributed by atoms with Crippen LogP contribution in [0.5, 0.6) is 0 Å². The average Bonchev–Trinajstić information content (AvgIpc) is 3.21. The SMILES string of the molecule is CC(CNCC(=O)NCC=O)c1ccccc1.CNCc1ccn2ccnc2c1. The van der Waals surface area contributed by atoms with E-state index >= 15 is 0 Å². The third-order valence-corrected chi connectivity index (χ3v) is 4.33. The Morgan fingerprint density at radius 2 is 2.00 bits per heavy atom. The van der Waals surface area contributed by atoms with Gasteiger partial charge in [0.15, 0.2) is 0 Å². The summed E-state index contributed by atoms with van der Waals surface area (Å²) in [4.78, 5) is 25.4. The van der Waals surface area contributed by atoms with Crippen LogP contribution in [0.1, 0.15) is 24.0 Å². The number of aromatic nitrogens is 2. The summed E-state index contributed by atoms with van der Waals surface area (Å²) in [5, 5.41) is 8.64. The van der Waals surface area contributed by atoms with Gasteiger partial charge in [0.2, 0.25) is 5.91 Å². The number of hydrogen-bond donors (Lipinski definition) is 3. The van der Waals surface area contributed by atoms with Gasteiger partial charge < -0.3 is 25.1 Å². The van der Waals surface area contributed by atoms with E-state index < -0.39 is 0 Å². The topological polar surface area (TPSA) is 87.5 Å². The second-order valence-electron chi connectivity index (χ2n) is 6.67. The van der Waals surface area contributed by atoms with Crippen molar-refractivity contribution in [3.05, 3.63) is 72.2 Å². The van der Waals surface area contributed by atoms with Crippen molar-refractivity contribution in [2.75, 3.05) is 26.7 Å². The van der Waals surface area contributed by atoms with Crippen molar-refractivity contribution in [1.29, 1.82) is 0 Å². The van der Waals surface area contributed by atoms with E-state index in [9.17, 15) is 9.59 Å². The number of nitrogens with one attached hydrogen (secondary N) is 3. The zero-order valence-electron chi connectivity index (χ0n) is 17.0. The highest BCUT2D eigenvalue weighted by molar-refractivity contribution is 5.80. The van der Waals surface area contributed by atoms with E-state index in [1.165, 1.54) is 11.1 Å². The number of fused-ring (bicyclic) bond motifs is 1. The van der Waals surface area contributed by atoms with E-state index in [0.29, 0.717) is 12.2 Å². The zero-order valence-corrected chi connectivity index (χ0v) is 17.0. The summed E-state index contributed by atoms with van der Waals surface area (Å²) in [6.07, 6.45) is 6.44. The van der Waals surface area contributed by atoms with E-state index in [4.69, 9.17) is 0 Å². The lowest BCUT2D eigenvalue weighted by Gasteiger charge is -2.12. The van der Waals surface area contributed by atoms with Gasteiger partial charge in [0.1, 0.15) is 11.9 Å². The van der Waals surface area contributed by atoms with Crippen molar-refractivity contribution in [3.8, 4) is 0 Å². The molecular formula is C22H29N5O2. The Bertz CT molecular complexity index is 879. The predicted molar refractivity (Wildman–Crippen MR) is 115 cm³/mol. The lowest BCUT2D eigenvalue weighted by Crippen LogP contribution is -2.36. The van der Waals surface area contributed by atoms with Crippen LogP contribution in [-0.4, -0.2) is 48.3 Å². The first kappa shape index (κ1) is 22.3. The molecule has 1 atom stereocenters. The molecule has 1 unspecified atom stereocenters. The maximum absolute atomic E-state index is 11.2. The quantitative estimate of drug-likeness (QED) is 0.481. The van der Waals surface area contributed by atoms with E-state index in [0.717, 1.165) is 18.7 Å². The Labute approximate surface area is 171 Å². The largest absolute Gasteiger partial charge is 0.348 e. The highest BCUT2D eigenvalue weighted by Gasteiger charge is 2.05. The van der Waals surface area contributed by atoms with Crippen LogP contribution < -0.4 is 16.0 Å². The van der Waals surface area contributed by atoms with Crippen LogP contribution in [0.15, 0.2) is 61.1 Å². The van der Waals surface area contributed by atoms with Crippen LogP contribution in [0.3, 0.4) is 0 Å². The minimum absolute atomic E-state index is 0.0781. The molecule has 0 aliphatic heterocycles. The summed E-state index contributed by atoms with van der Waals surface area (Å²) in [6, 6.07) is 14.3. The monoisotopic (exact) mass is 395 g/mol. The van der Waals surface area contributed by atoms with Crippen molar-refractivity contribution >= 4 is 17.8 Å². The van der Waals surface area contributed by atoms with Gasteiger partial charge >= 0.3 is 0 Å². The summed E-state index contributed by atoms with van der Waals surface area (Å²) in [7, 11) is 1.94. The number of hydrogen-bond acceptors (Lipinski definition) is 5. The van der Waals surface area contributed by atoms with Crippen molar-refractivity contribution in [3.63, 3.8) is 0 Å². The first-order valence-corrected chi connectivity index (χ1v) is 9.66. The van der Waals surface area contributed by atoms with Crippen LogP contribution in [-0.2, 0) is 16.1 Å². The van der Waals surface area contributed by atoms with Gasteiger partial charge in [0.25, 0.3) is 0 Å². The minimum Gasteiger partial charge on any atom is -0.348 e. The second kappa shape index (κ2) is 12.4. The number of carbonyl (C=O) groups excluding carboxylic acids is 2. The highest BCUT2D eigenvalue weighted by Crippen LogP contribution is 2.12. The number of benzene rings is 1. The van der Waals surface area contributed by atoms with Gasteiger partial charge in [-0.05, 0) is 36.2 Å². The van der Waals surface area contributed by atoms with Gasteiger partial charge in [-0.1, -0.05) is 37.3 Å². The van der Waals surface area contributed by atoms with Gasteiger partial charge in [0, 0.05) is 31.7 Å². The number of carbonyl (C=O) groups is 2. The zero-order chi connectivity index (χ0) is 20.9. The highest BCUT2D eigenvalue weighted by atomic mass is 16.2. The molecule has 1 aromatic carbocycles. The van der Waals surface area contributed by atoms with Crippen LogP contribution in [0.25, 0.3) is 5.65 Å². The smallest absolute Gasteiger partial charge is 0.234 e. The molecule has 7 nitrogen and oxygen atoms in total. The molecule has 3 aromatic rings. The number of nitrogens with zero attached hydrogens (tertiary/aromatic N) is 2. The third kappa shape index (κ3) is 7.85. The Morgan fingerprint density at radius 1 is 1.21 bits per heavy atom. The molecule has 29 heavy (non-hydrogen) atoms. The molecule has 3 N–H and O–H groups in total. The molecule has 0 fully saturated rings. The molecule has 2 aromatic heterocycles. The van der Waals surface area contributed by atoms with Crippen molar-refractivity contribution in [2.45, 2.75) is 19.4 Å². The molecule has 7 heteroatoms. The van der Waals surface area contributed by atoms with E-state index in [2.05, 4.69) is 52.1 Å². The normalized spacial score (nSPS) is 11.4. The van der Waals surface area contributed by atoms with Gasteiger partial charge in [-0.25, -0.2) is 4.98 Å². The number of aldehydes is 1. The number of pyridine rings is 1. The third-order valence-electron chi connectivity index (χ3n) is 4.33. The lowest BCUT2D eigenvalue weighted by atomic mass is 10.0. The molecule has 0 aliphatic carbocycles. The van der Waals surface area contributed by atoms with Gasteiger partial charge in [-0.3, -0.25) is 4.79 Å². The molecule has 1 amide bonds. The standard InChI is InChI=1S/C13H18N2O2.C9H11N3/c1-11(12-5-3-2-4-6-12)9-14-10-13(17)15-7-8-16;1-10-7-8-2-4-12-5-3-11-9(12)6-8/h2-6,8,11,14H,7,9-10H2,1H3,(H,15,17);2-6,10H,7H2,1H3. The second-order valence-corrected chi connectivity index (χ2v) is 6.67. The Hall–Kier alpha value is -3.03. The summed E-state index contributed by atoms with van der Waals surface area (Å²) in [6.45, 7) is 4.05. The Kier molecular flexibility index (Phi) is 9.54. The average molecular weight is 396 g/mol. The van der Waals surface area contributed by atoms with Crippen molar-refractivity contribution < 1.29 is 9.59 Å². The van der Waals surface area contributed by atoms with E-state index in [1.807, 2.05) is 42.0 Å². The molecule has 0 bridgehead atoms. The number of amides is 1. The van der Waals surface area contributed by atoms with E-state index in [1.54, 1.807) is 6.20 Å². The van der Waals surface area contributed by atoms with Crippen LogP contribution >= 0.6 is 0 Å². The fourth-order valence-corrected chi connectivity index (χ4v) is 2.79. The van der Waals surface area contributed by atoms with Gasteiger partial charge in [-0.2, -0.15) is 0 Å². The fourth-order valence-electron chi connectivity index (χ4n) is 2.79. The Morgan fingerprint density at radius 3 is 2.72 bits per heavy atom. The van der Waals surface area contributed by atoms with Crippen LogP contribution in [0.4, 0.5) is 0 Å².